The highest BCUT2D eigenvalue weighted by Crippen LogP contribution is 2.12. The molecule has 0 bridgehead atoms. The zero-order chi connectivity index (χ0) is 12.9. The molecule has 0 aromatic carbocycles. The Labute approximate surface area is 104 Å². The van der Waals surface area contributed by atoms with E-state index in [9.17, 15) is 4.79 Å². The van der Waals surface area contributed by atoms with E-state index in [0.717, 1.165) is 32.5 Å². The second kappa shape index (κ2) is 6.05. The van der Waals surface area contributed by atoms with Crippen LogP contribution in [0.2, 0.25) is 0 Å². The molecular weight excluding hydrogens is 216 g/mol. The predicted octanol–water partition coefficient (Wildman–Crippen LogP) is 2.16. The van der Waals surface area contributed by atoms with Crippen molar-refractivity contribution in [2.75, 3.05) is 19.6 Å². The SMILES string of the molecule is C=CCN1CCC(NC(=O)OC(C)(C)C)CC1. The summed E-state index contributed by atoms with van der Waals surface area (Å²) >= 11 is 0. The molecule has 1 heterocycles. The number of nitrogens with one attached hydrogen (secondary N) is 1. The Bertz CT molecular complexity index is 263. The number of amides is 1. The van der Waals surface area contributed by atoms with Crippen LogP contribution in [0, 0.1) is 0 Å². The second-order valence-corrected chi connectivity index (χ2v) is 5.51. The number of nitrogens with zero attached hydrogens (tertiary/aromatic N) is 1. The summed E-state index contributed by atoms with van der Waals surface area (Å²) in [5.74, 6) is 0. The highest BCUT2D eigenvalue weighted by molar-refractivity contribution is 5.68. The molecule has 1 aliphatic rings. The van der Waals surface area contributed by atoms with Gasteiger partial charge in [-0.15, -0.1) is 6.58 Å². The van der Waals surface area contributed by atoms with E-state index in [1.54, 1.807) is 0 Å². The minimum absolute atomic E-state index is 0.242. The Balaban J connectivity index is 2.26. The second-order valence-electron chi connectivity index (χ2n) is 5.51. The molecule has 0 aliphatic carbocycles. The number of hydrogen-bond donors (Lipinski definition) is 1. The quantitative estimate of drug-likeness (QED) is 0.769. The Morgan fingerprint density at radius 3 is 2.53 bits per heavy atom. The molecule has 4 nitrogen and oxygen atoms in total. The number of alkyl carbamates (subject to hydrolysis) is 1. The molecule has 0 aromatic rings. The van der Waals surface area contributed by atoms with E-state index in [0.29, 0.717) is 0 Å². The van der Waals surface area contributed by atoms with Crippen LogP contribution >= 0.6 is 0 Å². The smallest absolute Gasteiger partial charge is 0.407 e. The van der Waals surface area contributed by atoms with Crippen LogP contribution in [0.15, 0.2) is 12.7 Å². The molecule has 0 saturated carbocycles. The van der Waals surface area contributed by atoms with Crippen molar-refractivity contribution < 1.29 is 9.53 Å². The summed E-state index contributed by atoms with van der Waals surface area (Å²) in [4.78, 5) is 13.9. The summed E-state index contributed by atoms with van der Waals surface area (Å²) in [6.45, 7) is 12.3. The van der Waals surface area contributed by atoms with Crippen molar-refractivity contribution in [2.24, 2.45) is 0 Å². The number of likely N-dealkylation sites (tertiary alicyclic amines) is 1. The maximum Gasteiger partial charge on any atom is 0.407 e. The van der Waals surface area contributed by atoms with Gasteiger partial charge in [-0.3, -0.25) is 4.90 Å². The number of hydrogen-bond acceptors (Lipinski definition) is 3. The van der Waals surface area contributed by atoms with Crippen molar-refractivity contribution >= 4 is 6.09 Å². The Kier molecular flexibility index (Phi) is 5.00. The summed E-state index contributed by atoms with van der Waals surface area (Å²) in [7, 11) is 0. The fourth-order valence-corrected chi connectivity index (χ4v) is 1.92. The molecule has 0 unspecified atom stereocenters. The van der Waals surface area contributed by atoms with Crippen molar-refractivity contribution in [3.05, 3.63) is 12.7 Å². The molecular formula is C13H24N2O2. The Morgan fingerprint density at radius 1 is 1.47 bits per heavy atom. The molecule has 1 N–H and O–H groups in total. The molecule has 0 radical (unpaired) electrons. The first kappa shape index (κ1) is 14.0. The highest BCUT2D eigenvalue weighted by atomic mass is 16.6. The van der Waals surface area contributed by atoms with Crippen LogP contribution in [0.4, 0.5) is 4.79 Å². The number of carbonyl (C=O) groups is 1. The summed E-state index contributed by atoms with van der Waals surface area (Å²) < 4.78 is 5.23. The summed E-state index contributed by atoms with van der Waals surface area (Å²) in [6.07, 6.45) is 3.57. The maximum absolute atomic E-state index is 11.6. The molecule has 1 aliphatic heterocycles. The van der Waals surface area contributed by atoms with Crippen LogP contribution in [-0.4, -0.2) is 42.3 Å². The summed E-state index contributed by atoms with van der Waals surface area (Å²) in [6, 6.07) is 0.242. The lowest BCUT2D eigenvalue weighted by Gasteiger charge is -2.32. The van der Waals surface area contributed by atoms with E-state index in [-0.39, 0.29) is 12.1 Å². The van der Waals surface area contributed by atoms with E-state index < -0.39 is 5.60 Å². The lowest BCUT2D eigenvalue weighted by molar-refractivity contribution is 0.0481. The monoisotopic (exact) mass is 240 g/mol. The van der Waals surface area contributed by atoms with Crippen LogP contribution in [0.1, 0.15) is 33.6 Å². The van der Waals surface area contributed by atoms with Gasteiger partial charge in [0.15, 0.2) is 0 Å². The van der Waals surface area contributed by atoms with Gasteiger partial charge >= 0.3 is 6.09 Å². The van der Waals surface area contributed by atoms with Gasteiger partial charge in [0, 0.05) is 25.7 Å². The summed E-state index contributed by atoms with van der Waals surface area (Å²) in [5, 5.41) is 2.92. The van der Waals surface area contributed by atoms with Crippen LogP contribution in [0.3, 0.4) is 0 Å². The van der Waals surface area contributed by atoms with Crippen molar-refractivity contribution in [3.63, 3.8) is 0 Å². The zero-order valence-corrected chi connectivity index (χ0v) is 11.2. The average molecular weight is 240 g/mol. The van der Waals surface area contributed by atoms with E-state index >= 15 is 0 Å². The van der Waals surface area contributed by atoms with Crippen molar-refractivity contribution in [1.82, 2.24) is 10.2 Å². The van der Waals surface area contributed by atoms with E-state index in [2.05, 4.69) is 16.8 Å². The van der Waals surface area contributed by atoms with Gasteiger partial charge in [-0.05, 0) is 33.6 Å². The Morgan fingerprint density at radius 2 is 2.06 bits per heavy atom. The lowest BCUT2D eigenvalue weighted by atomic mass is 10.1. The highest BCUT2D eigenvalue weighted by Gasteiger charge is 2.22. The third-order valence-corrected chi connectivity index (χ3v) is 2.70. The van der Waals surface area contributed by atoms with Gasteiger partial charge in [0.2, 0.25) is 0 Å². The molecule has 1 amide bonds. The molecule has 0 spiro atoms. The molecule has 0 aromatic heterocycles. The van der Waals surface area contributed by atoms with Gasteiger partial charge in [0.05, 0.1) is 0 Å². The first-order valence-electron chi connectivity index (χ1n) is 6.23. The predicted molar refractivity (Wildman–Crippen MR) is 69.0 cm³/mol. The fourth-order valence-electron chi connectivity index (χ4n) is 1.92. The molecule has 17 heavy (non-hydrogen) atoms. The van der Waals surface area contributed by atoms with Gasteiger partial charge in [0.1, 0.15) is 5.60 Å². The maximum atomic E-state index is 11.6. The number of rotatable bonds is 3. The van der Waals surface area contributed by atoms with Crippen molar-refractivity contribution in [3.8, 4) is 0 Å². The van der Waals surface area contributed by atoms with Gasteiger partial charge in [-0.2, -0.15) is 0 Å². The van der Waals surface area contributed by atoms with Gasteiger partial charge in [0.25, 0.3) is 0 Å². The molecule has 1 rings (SSSR count). The van der Waals surface area contributed by atoms with Crippen LogP contribution in [0.5, 0.6) is 0 Å². The number of carbonyl (C=O) groups excluding carboxylic acids is 1. The van der Waals surface area contributed by atoms with Crippen LogP contribution in [-0.2, 0) is 4.74 Å². The zero-order valence-electron chi connectivity index (χ0n) is 11.2. The van der Waals surface area contributed by atoms with E-state index in [1.807, 2.05) is 26.8 Å². The van der Waals surface area contributed by atoms with Crippen molar-refractivity contribution in [2.45, 2.75) is 45.3 Å². The van der Waals surface area contributed by atoms with Crippen LogP contribution < -0.4 is 5.32 Å². The molecule has 1 saturated heterocycles. The first-order valence-corrected chi connectivity index (χ1v) is 6.23. The largest absolute Gasteiger partial charge is 0.444 e. The molecule has 0 atom stereocenters. The summed E-state index contributed by atoms with van der Waals surface area (Å²) in [5.41, 5.74) is -0.423. The van der Waals surface area contributed by atoms with Crippen molar-refractivity contribution in [1.29, 1.82) is 0 Å². The van der Waals surface area contributed by atoms with Gasteiger partial charge < -0.3 is 10.1 Å². The van der Waals surface area contributed by atoms with Gasteiger partial charge in [-0.1, -0.05) is 6.08 Å². The molecule has 98 valence electrons. The first-order chi connectivity index (χ1) is 7.90. The van der Waals surface area contributed by atoms with Gasteiger partial charge in [-0.25, -0.2) is 4.79 Å². The minimum Gasteiger partial charge on any atom is -0.444 e. The normalized spacial score (nSPS) is 18.8. The lowest BCUT2D eigenvalue weighted by Crippen LogP contribution is -2.46. The third-order valence-electron chi connectivity index (χ3n) is 2.70. The Hall–Kier alpha value is -1.03. The van der Waals surface area contributed by atoms with Crippen LogP contribution in [0.25, 0.3) is 0 Å². The topological polar surface area (TPSA) is 41.6 Å². The number of piperidine rings is 1. The minimum atomic E-state index is -0.423. The fraction of sp³-hybridized carbons (Fsp3) is 0.769. The van der Waals surface area contributed by atoms with E-state index in [4.69, 9.17) is 4.74 Å². The standard InChI is InChI=1S/C13H24N2O2/c1-5-8-15-9-6-11(7-10-15)14-12(16)17-13(2,3)4/h5,11H,1,6-10H2,2-4H3,(H,14,16). The molecule has 1 fully saturated rings. The third kappa shape index (κ3) is 5.73. The number of ether oxygens (including phenoxy) is 1. The average Bonchev–Trinajstić information content (AvgIpc) is 2.18. The molecule has 4 heteroatoms. The van der Waals surface area contributed by atoms with E-state index in [1.165, 1.54) is 0 Å².